The molecule has 1 N–H and O–H groups in total. The molecule has 3 atom stereocenters. The molecule has 0 bridgehead atoms. The van der Waals surface area contributed by atoms with E-state index in [9.17, 15) is 4.39 Å². The van der Waals surface area contributed by atoms with Gasteiger partial charge < -0.3 is 10.1 Å². The standard InChI is InChI=1S/C14H20FNO/c1-10(12-3-5-14(15)6-4-12)16-11(2)13-7-8-17-9-13/h3-6,10-11,13,16H,7-9H2,1-2H3. The van der Waals surface area contributed by atoms with Gasteiger partial charge in [0.25, 0.3) is 0 Å². The summed E-state index contributed by atoms with van der Waals surface area (Å²) in [6, 6.07) is 7.37. The Bertz CT molecular complexity index is 346. The molecule has 2 nitrogen and oxygen atoms in total. The van der Waals surface area contributed by atoms with E-state index in [-0.39, 0.29) is 11.9 Å². The van der Waals surface area contributed by atoms with E-state index < -0.39 is 0 Å². The third-order valence-corrected chi connectivity index (χ3v) is 3.55. The zero-order valence-electron chi connectivity index (χ0n) is 10.4. The van der Waals surface area contributed by atoms with Crippen molar-refractivity contribution in [2.24, 2.45) is 5.92 Å². The summed E-state index contributed by atoms with van der Waals surface area (Å²) in [5, 5.41) is 3.56. The van der Waals surface area contributed by atoms with Crippen molar-refractivity contribution in [3.8, 4) is 0 Å². The number of rotatable bonds is 4. The number of nitrogens with one attached hydrogen (secondary N) is 1. The largest absolute Gasteiger partial charge is 0.381 e. The molecule has 3 unspecified atom stereocenters. The Morgan fingerprint density at radius 3 is 2.59 bits per heavy atom. The van der Waals surface area contributed by atoms with E-state index in [1.165, 1.54) is 12.1 Å². The molecule has 1 aliphatic heterocycles. The van der Waals surface area contributed by atoms with Crippen molar-refractivity contribution in [1.29, 1.82) is 0 Å². The van der Waals surface area contributed by atoms with Crippen molar-refractivity contribution in [2.75, 3.05) is 13.2 Å². The molecule has 1 heterocycles. The van der Waals surface area contributed by atoms with Crippen LogP contribution in [0.3, 0.4) is 0 Å². The first-order valence-electron chi connectivity index (χ1n) is 6.26. The number of halogens is 1. The molecule has 3 heteroatoms. The second-order valence-corrected chi connectivity index (χ2v) is 4.85. The normalized spacial score (nSPS) is 23.6. The maximum atomic E-state index is 12.8. The number of hydrogen-bond acceptors (Lipinski definition) is 2. The topological polar surface area (TPSA) is 21.3 Å². The average Bonchev–Trinajstić information content (AvgIpc) is 2.83. The smallest absolute Gasteiger partial charge is 0.123 e. The van der Waals surface area contributed by atoms with Gasteiger partial charge in [0.05, 0.1) is 6.61 Å². The molecule has 94 valence electrons. The SMILES string of the molecule is CC(NC(C)C1CCOC1)c1ccc(F)cc1. The summed E-state index contributed by atoms with van der Waals surface area (Å²) in [7, 11) is 0. The van der Waals surface area contributed by atoms with Crippen molar-refractivity contribution in [2.45, 2.75) is 32.4 Å². The van der Waals surface area contributed by atoms with Crippen LogP contribution in [-0.2, 0) is 4.74 Å². The van der Waals surface area contributed by atoms with E-state index in [2.05, 4.69) is 19.2 Å². The highest BCUT2D eigenvalue weighted by atomic mass is 19.1. The lowest BCUT2D eigenvalue weighted by Gasteiger charge is -2.24. The summed E-state index contributed by atoms with van der Waals surface area (Å²) >= 11 is 0. The molecular formula is C14H20FNO. The van der Waals surface area contributed by atoms with Crippen molar-refractivity contribution in [1.82, 2.24) is 5.32 Å². The zero-order valence-corrected chi connectivity index (χ0v) is 10.4. The highest BCUT2D eigenvalue weighted by molar-refractivity contribution is 5.19. The van der Waals surface area contributed by atoms with E-state index >= 15 is 0 Å². The Labute approximate surface area is 102 Å². The minimum atomic E-state index is -0.182. The average molecular weight is 237 g/mol. The first kappa shape index (κ1) is 12.5. The predicted molar refractivity (Wildman–Crippen MR) is 66.3 cm³/mol. The molecule has 0 amide bonds. The van der Waals surface area contributed by atoms with Crippen LogP contribution < -0.4 is 5.32 Å². The number of hydrogen-bond donors (Lipinski definition) is 1. The summed E-state index contributed by atoms with van der Waals surface area (Å²) in [4.78, 5) is 0. The third kappa shape index (κ3) is 3.27. The summed E-state index contributed by atoms with van der Waals surface area (Å²) in [5.74, 6) is 0.413. The van der Waals surface area contributed by atoms with Crippen molar-refractivity contribution in [3.05, 3.63) is 35.6 Å². The Morgan fingerprint density at radius 1 is 1.29 bits per heavy atom. The summed E-state index contributed by atoms with van der Waals surface area (Å²) in [6.45, 7) is 6.03. The van der Waals surface area contributed by atoms with E-state index in [1.54, 1.807) is 0 Å². The first-order valence-corrected chi connectivity index (χ1v) is 6.26. The molecule has 1 fully saturated rings. The van der Waals surface area contributed by atoms with Gasteiger partial charge in [-0.3, -0.25) is 0 Å². The first-order chi connectivity index (χ1) is 8.16. The van der Waals surface area contributed by atoms with Crippen LogP contribution in [0.2, 0.25) is 0 Å². The molecular weight excluding hydrogens is 217 g/mol. The van der Waals surface area contributed by atoms with Crippen molar-refractivity contribution >= 4 is 0 Å². The van der Waals surface area contributed by atoms with E-state index in [1.807, 2.05) is 12.1 Å². The third-order valence-electron chi connectivity index (χ3n) is 3.55. The second-order valence-electron chi connectivity index (χ2n) is 4.85. The molecule has 1 aliphatic rings. The van der Waals surface area contributed by atoms with Gasteiger partial charge in [0.2, 0.25) is 0 Å². The van der Waals surface area contributed by atoms with Crippen LogP contribution >= 0.6 is 0 Å². The van der Waals surface area contributed by atoms with Gasteiger partial charge in [-0.05, 0) is 43.9 Å². The predicted octanol–water partition coefficient (Wildman–Crippen LogP) is 2.90. The molecule has 1 saturated heterocycles. The maximum Gasteiger partial charge on any atom is 0.123 e. The lowest BCUT2D eigenvalue weighted by Crippen LogP contribution is -2.35. The van der Waals surface area contributed by atoms with Crippen molar-refractivity contribution < 1.29 is 9.13 Å². The van der Waals surface area contributed by atoms with Gasteiger partial charge in [0.1, 0.15) is 5.82 Å². The van der Waals surface area contributed by atoms with Crippen LogP contribution in [-0.4, -0.2) is 19.3 Å². The fraction of sp³-hybridized carbons (Fsp3) is 0.571. The summed E-state index contributed by atoms with van der Waals surface area (Å²) < 4.78 is 18.2. The van der Waals surface area contributed by atoms with Crippen LogP contribution in [0, 0.1) is 11.7 Å². The molecule has 2 rings (SSSR count). The molecule has 0 aromatic heterocycles. The van der Waals surface area contributed by atoms with E-state index in [4.69, 9.17) is 4.74 Å². The zero-order chi connectivity index (χ0) is 12.3. The molecule has 0 spiro atoms. The van der Waals surface area contributed by atoms with Gasteiger partial charge >= 0.3 is 0 Å². The van der Waals surface area contributed by atoms with Gasteiger partial charge in [-0.15, -0.1) is 0 Å². The summed E-state index contributed by atoms with van der Waals surface area (Å²) in [5.41, 5.74) is 1.12. The Morgan fingerprint density at radius 2 is 2.00 bits per heavy atom. The van der Waals surface area contributed by atoms with Crippen LogP contribution in [0.15, 0.2) is 24.3 Å². The van der Waals surface area contributed by atoms with Crippen LogP contribution in [0.1, 0.15) is 31.9 Å². The van der Waals surface area contributed by atoms with E-state index in [0.717, 1.165) is 25.2 Å². The molecule has 1 aromatic carbocycles. The quantitative estimate of drug-likeness (QED) is 0.869. The molecule has 17 heavy (non-hydrogen) atoms. The minimum Gasteiger partial charge on any atom is -0.381 e. The van der Waals surface area contributed by atoms with Crippen LogP contribution in [0.5, 0.6) is 0 Å². The minimum absolute atomic E-state index is 0.182. The number of ether oxygens (including phenoxy) is 1. The lowest BCUT2D eigenvalue weighted by atomic mass is 9.98. The fourth-order valence-corrected chi connectivity index (χ4v) is 2.33. The molecule has 1 aromatic rings. The fourth-order valence-electron chi connectivity index (χ4n) is 2.33. The molecule has 0 aliphatic carbocycles. The van der Waals surface area contributed by atoms with Crippen LogP contribution in [0.25, 0.3) is 0 Å². The lowest BCUT2D eigenvalue weighted by molar-refractivity contribution is 0.177. The van der Waals surface area contributed by atoms with Gasteiger partial charge in [0, 0.05) is 18.7 Å². The summed E-state index contributed by atoms with van der Waals surface area (Å²) in [6.07, 6.45) is 1.13. The van der Waals surface area contributed by atoms with Crippen molar-refractivity contribution in [3.63, 3.8) is 0 Å². The van der Waals surface area contributed by atoms with Gasteiger partial charge in [-0.25, -0.2) is 4.39 Å². The Kier molecular flexibility index (Phi) is 4.13. The van der Waals surface area contributed by atoms with Gasteiger partial charge in [-0.2, -0.15) is 0 Å². The Hall–Kier alpha value is -0.930. The monoisotopic (exact) mass is 237 g/mol. The van der Waals surface area contributed by atoms with Gasteiger partial charge in [0.15, 0.2) is 0 Å². The molecule has 0 saturated carbocycles. The van der Waals surface area contributed by atoms with Gasteiger partial charge in [-0.1, -0.05) is 12.1 Å². The van der Waals surface area contributed by atoms with Crippen LogP contribution in [0.4, 0.5) is 4.39 Å². The van der Waals surface area contributed by atoms with E-state index in [0.29, 0.717) is 12.0 Å². The molecule has 0 radical (unpaired) electrons. The number of benzene rings is 1. The highest BCUT2D eigenvalue weighted by Gasteiger charge is 2.23. The highest BCUT2D eigenvalue weighted by Crippen LogP contribution is 2.20. The maximum absolute atomic E-state index is 12.8. The Balaban J connectivity index is 1.91. The second kappa shape index (κ2) is 5.61.